The van der Waals surface area contributed by atoms with Gasteiger partial charge in [-0.05, 0) is 37.8 Å². The van der Waals surface area contributed by atoms with E-state index in [2.05, 4.69) is 30.5 Å². The minimum atomic E-state index is 0.400. The van der Waals surface area contributed by atoms with Crippen LogP contribution in [0.5, 0.6) is 0 Å². The molecule has 0 radical (unpaired) electrons. The maximum absolute atomic E-state index is 6.00. The van der Waals surface area contributed by atoms with Crippen molar-refractivity contribution in [3.05, 3.63) is 34.5 Å². The van der Waals surface area contributed by atoms with Crippen LogP contribution in [0, 0.1) is 12.8 Å². The number of nitrogens with zero attached hydrogens (tertiary/aromatic N) is 1. The van der Waals surface area contributed by atoms with Gasteiger partial charge in [-0.2, -0.15) is 0 Å². The number of rotatable bonds is 6. The van der Waals surface area contributed by atoms with Crippen molar-refractivity contribution in [2.75, 3.05) is 26.4 Å². The van der Waals surface area contributed by atoms with E-state index >= 15 is 0 Å². The molecule has 2 heterocycles. The molecule has 0 aromatic carbocycles. The van der Waals surface area contributed by atoms with Crippen molar-refractivity contribution in [2.45, 2.75) is 38.5 Å². The van der Waals surface area contributed by atoms with Gasteiger partial charge in [0.15, 0.2) is 0 Å². The first kappa shape index (κ1) is 15.2. The van der Waals surface area contributed by atoms with E-state index in [9.17, 15) is 0 Å². The van der Waals surface area contributed by atoms with Gasteiger partial charge in [-0.3, -0.25) is 4.90 Å². The molecule has 0 N–H and O–H groups in total. The topological polar surface area (TPSA) is 21.7 Å². The van der Waals surface area contributed by atoms with Crippen molar-refractivity contribution in [1.82, 2.24) is 4.90 Å². The van der Waals surface area contributed by atoms with Crippen molar-refractivity contribution in [1.29, 1.82) is 0 Å². The van der Waals surface area contributed by atoms with Crippen LogP contribution < -0.4 is 0 Å². The van der Waals surface area contributed by atoms with Gasteiger partial charge in [-0.1, -0.05) is 6.08 Å². The van der Waals surface area contributed by atoms with E-state index in [0.717, 1.165) is 32.7 Å². The van der Waals surface area contributed by atoms with Crippen molar-refractivity contribution in [2.24, 2.45) is 5.92 Å². The van der Waals surface area contributed by atoms with Crippen LogP contribution >= 0.6 is 11.3 Å². The largest absolute Gasteiger partial charge is 0.377 e. The highest BCUT2D eigenvalue weighted by Crippen LogP contribution is 2.35. The van der Waals surface area contributed by atoms with Gasteiger partial charge in [0.05, 0.1) is 19.3 Å². The van der Waals surface area contributed by atoms with E-state index in [1.165, 1.54) is 16.2 Å². The fourth-order valence-corrected chi connectivity index (χ4v) is 4.46. The highest BCUT2D eigenvalue weighted by Gasteiger charge is 2.40. The average molecular weight is 307 g/mol. The van der Waals surface area contributed by atoms with Crippen molar-refractivity contribution in [3.63, 3.8) is 0 Å². The second-order valence-corrected chi connectivity index (χ2v) is 7.50. The number of aryl methyl sites for hydroxylation is 1. The Kier molecular flexibility index (Phi) is 5.11. The lowest BCUT2D eigenvalue weighted by Crippen LogP contribution is -2.47. The summed E-state index contributed by atoms with van der Waals surface area (Å²) in [6.07, 6.45) is 4.56. The fraction of sp³-hybridized carbons (Fsp3) is 0.647. The van der Waals surface area contributed by atoms with E-state index in [1.807, 2.05) is 17.4 Å². The van der Waals surface area contributed by atoms with Gasteiger partial charge in [-0.25, -0.2) is 0 Å². The number of ether oxygens (including phenoxy) is 2. The monoisotopic (exact) mass is 307 g/mol. The zero-order valence-corrected chi connectivity index (χ0v) is 13.6. The third kappa shape index (κ3) is 3.75. The molecule has 0 unspecified atom stereocenters. The zero-order chi connectivity index (χ0) is 14.7. The molecule has 0 spiro atoms. The molecule has 2 aliphatic rings. The van der Waals surface area contributed by atoms with E-state index < -0.39 is 0 Å². The zero-order valence-electron chi connectivity index (χ0n) is 12.8. The molecule has 116 valence electrons. The molecule has 1 aliphatic carbocycles. The Morgan fingerprint density at radius 2 is 2.38 bits per heavy atom. The molecule has 1 saturated heterocycles. The third-order valence-electron chi connectivity index (χ3n) is 4.49. The minimum Gasteiger partial charge on any atom is -0.377 e. The Balaban J connectivity index is 1.57. The molecule has 1 aromatic rings. The van der Waals surface area contributed by atoms with Crippen LogP contribution in [0.25, 0.3) is 0 Å². The molecular weight excluding hydrogens is 282 g/mol. The Morgan fingerprint density at radius 3 is 3.14 bits per heavy atom. The maximum atomic E-state index is 6.00. The lowest BCUT2D eigenvalue weighted by atomic mass is 10.1. The number of hydrogen-bond acceptors (Lipinski definition) is 4. The first-order valence-corrected chi connectivity index (χ1v) is 8.67. The number of morpholine rings is 1. The van der Waals surface area contributed by atoms with E-state index in [1.54, 1.807) is 0 Å². The lowest BCUT2D eigenvalue weighted by Gasteiger charge is -2.37. The number of fused-ring (bicyclic) bond motifs is 1. The Morgan fingerprint density at radius 1 is 1.48 bits per heavy atom. The smallest absolute Gasteiger partial charge is 0.0734 e. The molecular formula is C17H25NO2S. The summed E-state index contributed by atoms with van der Waals surface area (Å²) in [5.41, 5.74) is 0. The molecule has 3 rings (SSSR count). The molecule has 1 aromatic heterocycles. The summed E-state index contributed by atoms with van der Waals surface area (Å²) in [5, 5.41) is 0. The molecule has 1 saturated carbocycles. The normalized spacial score (nSPS) is 29.5. The van der Waals surface area contributed by atoms with Gasteiger partial charge in [0, 0.05) is 35.5 Å². The van der Waals surface area contributed by atoms with Gasteiger partial charge >= 0.3 is 0 Å². The van der Waals surface area contributed by atoms with Gasteiger partial charge in [0.2, 0.25) is 0 Å². The minimum absolute atomic E-state index is 0.400. The fourth-order valence-electron chi connectivity index (χ4n) is 3.55. The maximum Gasteiger partial charge on any atom is 0.0734 e. The summed E-state index contributed by atoms with van der Waals surface area (Å²) in [6, 6.07) is 5.06. The SMILES string of the molecule is C=CCOC[C@@H]1C[C@@H]2[C@@H](C1)OCCN2Cc1ccc(C)s1. The second-order valence-electron chi connectivity index (χ2n) is 6.12. The molecule has 2 fully saturated rings. The summed E-state index contributed by atoms with van der Waals surface area (Å²) in [4.78, 5) is 5.49. The lowest BCUT2D eigenvalue weighted by molar-refractivity contribution is -0.0587. The Hall–Kier alpha value is -0.680. The van der Waals surface area contributed by atoms with Gasteiger partial charge in [0.25, 0.3) is 0 Å². The van der Waals surface area contributed by atoms with E-state index in [-0.39, 0.29) is 0 Å². The average Bonchev–Trinajstić information content (AvgIpc) is 3.06. The van der Waals surface area contributed by atoms with Crippen LogP contribution in [0.1, 0.15) is 22.6 Å². The molecule has 21 heavy (non-hydrogen) atoms. The highest BCUT2D eigenvalue weighted by atomic mass is 32.1. The van der Waals surface area contributed by atoms with Crippen LogP contribution in [0.15, 0.2) is 24.8 Å². The summed E-state index contributed by atoms with van der Waals surface area (Å²) < 4.78 is 11.6. The van der Waals surface area contributed by atoms with Crippen LogP contribution in [0.4, 0.5) is 0 Å². The van der Waals surface area contributed by atoms with Crippen LogP contribution in [0.2, 0.25) is 0 Å². The van der Waals surface area contributed by atoms with E-state index in [4.69, 9.17) is 9.47 Å². The number of thiophene rings is 1. The molecule has 4 heteroatoms. The van der Waals surface area contributed by atoms with Gasteiger partial charge < -0.3 is 9.47 Å². The molecule has 0 amide bonds. The Bertz CT molecular complexity index is 473. The highest BCUT2D eigenvalue weighted by molar-refractivity contribution is 7.11. The molecule has 3 atom stereocenters. The molecule has 1 aliphatic heterocycles. The number of hydrogen-bond donors (Lipinski definition) is 0. The predicted molar refractivity (Wildman–Crippen MR) is 86.7 cm³/mol. The van der Waals surface area contributed by atoms with Gasteiger partial charge in [-0.15, -0.1) is 17.9 Å². The molecule has 0 bridgehead atoms. The van der Waals surface area contributed by atoms with Gasteiger partial charge in [0.1, 0.15) is 0 Å². The quantitative estimate of drug-likeness (QED) is 0.595. The first-order valence-electron chi connectivity index (χ1n) is 7.86. The summed E-state index contributed by atoms with van der Waals surface area (Å²) in [5.74, 6) is 0.630. The van der Waals surface area contributed by atoms with E-state index in [0.29, 0.717) is 24.7 Å². The summed E-state index contributed by atoms with van der Waals surface area (Å²) in [6.45, 7) is 10.4. The first-order chi connectivity index (χ1) is 10.3. The predicted octanol–water partition coefficient (Wildman–Crippen LogP) is 3.24. The second kappa shape index (κ2) is 7.05. The van der Waals surface area contributed by atoms with Crippen LogP contribution in [-0.4, -0.2) is 43.4 Å². The van der Waals surface area contributed by atoms with Crippen LogP contribution in [0.3, 0.4) is 0 Å². The van der Waals surface area contributed by atoms with Crippen LogP contribution in [-0.2, 0) is 16.0 Å². The summed E-state index contributed by atoms with van der Waals surface area (Å²) >= 11 is 1.91. The van der Waals surface area contributed by atoms with Crippen molar-refractivity contribution < 1.29 is 9.47 Å². The summed E-state index contributed by atoms with van der Waals surface area (Å²) in [7, 11) is 0. The van der Waals surface area contributed by atoms with Crippen molar-refractivity contribution >= 4 is 11.3 Å². The third-order valence-corrected chi connectivity index (χ3v) is 5.48. The Labute approximate surface area is 131 Å². The van der Waals surface area contributed by atoms with Crippen molar-refractivity contribution in [3.8, 4) is 0 Å². The standard InChI is InChI=1S/C17H25NO2S/c1-3-7-19-12-14-9-16-17(10-14)20-8-6-18(16)11-15-5-4-13(2)21-15/h3-5,14,16-17H,1,6-12H2,2H3/t14-,16-,17-/m1/s1. The molecule has 3 nitrogen and oxygen atoms in total.